The molecule has 2 saturated carbocycles. The fraction of sp³-hybridized carbons (Fsp3) is 0.524. The summed E-state index contributed by atoms with van der Waals surface area (Å²) in [5.74, 6) is 1.58. The summed E-state index contributed by atoms with van der Waals surface area (Å²) in [6.07, 6.45) is 11.9. The summed E-state index contributed by atoms with van der Waals surface area (Å²) in [5, 5.41) is 5.68. The van der Waals surface area contributed by atoms with E-state index in [-0.39, 0.29) is 35.7 Å². The Morgan fingerprint density at radius 2 is 1.18 bits per heavy atom. The lowest BCUT2D eigenvalue weighted by Gasteiger charge is -2.31. The Morgan fingerprint density at radius 3 is 1.73 bits per heavy atom. The minimum absolute atomic E-state index is 0.0645. The van der Waals surface area contributed by atoms with Crippen molar-refractivity contribution in [1.29, 1.82) is 0 Å². The van der Waals surface area contributed by atoms with Crippen LogP contribution in [0.2, 0.25) is 0 Å². The summed E-state index contributed by atoms with van der Waals surface area (Å²) in [5.41, 5.74) is 5.65. The van der Waals surface area contributed by atoms with Crippen molar-refractivity contribution in [3.05, 3.63) is 60.3 Å². The molecule has 0 spiro atoms. The van der Waals surface area contributed by atoms with Gasteiger partial charge in [-0.25, -0.2) is 19.6 Å². The van der Waals surface area contributed by atoms with Crippen LogP contribution in [0.3, 0.4) is 0 Å². The first-order valence-corrected chi connectivity index (χ1v) is 20.3. The number of methoxy groups -OCH3 is 2. The third-order valence-corrected chi connectivity index (χ3v) is 12.5. The van der Waals surface area contributed by atoms with Crippen LogP contribution in [0, 0.1) is 11.8 Å². The van der Waals surface area contributed by atoms with Crippen molar-refractivity contribution in [3.8, 4) is 22.4 Å². The van der Waals surface area contributed by atoms with E-state index in [0.717, 1.165) is 122 Å². The molecule has 4 aliphatic rings. The number of carbonyl (C=O) groups is 4. The minimum Gasteiger partial charge on any atom is -0.453 e. The van der Waals surface area contributed by atoms with Crippen molar-refractivity contribution < 1.29 is 28.7 Å². The lowest BCUT2D eigenvalue weighted by atomic mass is 9.96. The Labute approximate surface area is 326 Å². The van der Waals surface area contributed by atoms with Crippen molar-refractivity contribution in [2.45, 2.75) is 101 Å². The fourth-order valence-corrected chi connectivity index (χ4v) is 9.56. The topological polar surface area (TPSA) is 175 Å². The van der Waals surface area contributed by atoms with Gasteiger partial charge in [0.15, 0.2) is 0 Å². The van der Waals surface area contributed by atoms with Gasteiger partial charge < -0.3 is 39.9 Å². The van der Waals surface area contributed by atoms with Crippen molar-refractivity contribution in [2.75, 3.05) is 27.3 Å². The summed E-state index contributed by atoms with van der Waals surface area (Å²) in [6.45, 7) is 1.24. The number of nitrogens with one attached hydrogen (secondary N) is 4. The van der Waals surface area contributed by atoms with Crippen LogP contribution >= 0.6 is 0 Å². The molecule has 14 nitrogen and oxygen atoms in total. The number of amides is 4. The molecule has 0 bridgehead atoms. The SMILES string of the molecule is COC(=O)N[C@H](C(=O)N1CCC[C@H]1c1ncc(-c2ccc(-c3ccc4nc([C@@H]5CCCN5C(=O)[C@@H](NC(=O)OC)C5CCCC5)[nH]c4c3)cc2)[nH]1)C1CCCC1. The molecule has 56 heavy (non-hydrogen) atoms. The molecule has 296 valence electrons. The number of imidazole rings is 2. The van der Waals surface area contributed by atoms with Gasteiger partial charge in [-0.15, -0.1) is 0 Å². The molecule has 4 heterocycles. The first-order valence-electron chi connectivity index (χ1n) is 20.3. The van der Waals surface area contributed by atoms with E-state index in [0.29, 0.717) is 13.1 Å². The maximum absolute atomic E-state index is 13.9. The summed E-state index contributed by atoms with van der Waals surface area (Å²) in [6, 6.07) is 12.9. The molecule has 2 aliphatic heterocycles. The Hall–Kier alpha value is -5.40. The van der Waals surface area contributed by atoms with Crippen LogP contribution in [0.25, 0.3) is 33.4 Å². The van der Waals surface area contributed by atoms with Crippen LogP contribution in [-0.2, 0) is 19.1 Å². The Bertz CT molecular complexity index is 2050. The summed E-state index contributed by atoms with van der Waals surface area (Å²) in [4.78, 5) is 72.7. The van der Waals surface area contributed by atoms with Gasteiger partial charge in [0, 0.05) is 13.1 Å². The van der Waals surface area contributed by atoms with Crippen molar-refractivity contribution >= 4 is 35.0 Å². The van der Waals surface area contributed by atoms with E-state index in [1.54, 1.807) is 0 Å². The van der Waals surface area contributed by atoms with E-state index in [1.807, 2.05) is 22.1 Å². The number of ether oxygens (including phenoxy) is 2. The quantitative estimate of drug-likeness (QED) is 0.137. The van der Waals surface area contributed by atoms with E-state index in [9.17, 15) is 19.2 Å². The number of aromatic nitrogens is 4. The normalized spacial score (nSPS) is 21.4. The maximum atomic E-state index is 13.9. The highest BCUT2D eigenvalue weighted by molar-refractivity contribution is 5.88. The molecular weight excluding hydrogens is 713 g/mol. The van der Waals surface area contributed by atoms with Gasteiger partial charge >= 0.3 is 12.2 Å². The second-order valence-corrected chi connectivity index (χ2v) is 15.8. The van der Waals surface area contributed by atoms with Gasteiger partial charge in [-0.1, -0.05) is 56.0 Å². The average molecular weight is 765 g/mol. The number of aromatic amines is 2. The van der Waals surface area contributed by atoms with Crippen LogP contribution in [0.1, 0.15) is 101 Å². The highest BCUT2D eigenvalue weighted by Crippen LogP contribution is 2.38. The first-order chi connectivity index (χ1) is 27.3. The minimum atomic E-state index is -0.602. The van der Waals surface area contributed by atoms with Gasteiger partial charge in [0.25, 0.3) is 0 Å². The van der Waals surface area contributed by atoms with Gasteiger partial charge in [0.2, 0.25) is 11.8 Å². The molecule has 4 fully saturated rings. The lowest BCUT2D eigenvalue weighted by Crippen LogP contribution is -2.51. The van der Waals surface area contributed by atoms with Crippen LogP contribution in [0.15, 0.2) is 48.7 Å². The predicted octanol–water partition coefficient (Wildman–Crippen LogP) is 6.78. The van der Waals surface area contributed by atoms with E-state index in [2.05, 4.69) is 57.0 Å². The number of alkyl carbamates (subject to hydrolysis) is 2. The van der Waals surface area contributed by atoms with Crippen LogP contribution in [0.4, 0.5) is 9.59 Å². The molecule has 14 heteroatoms. The number of nitrogens with zero attached hydrogens (tertiary/aromatic N) is 4. The molecule has 4 N–H and O–H groups in total. The zero-order chi connectivity index (χ0) is 38.8. The molecule has 4 aromatic rings. The molecule has 0 radical (unpaired) electrons. The summed E-state index contributed by atoms with van der Waals surface area (Å²) < 4.78 is 9.74. The summed E-state index contributed by atoms with van der Waals surface area (Å²) in [7, 11) is 2.65. The number of H-pyrrole nitrogens is 2. The summed E-state index contributed by atoms with van der Waals surface area (Å²) >= 11 is 0. The van der Waals surface area contributed by atoms with Crippen molar-refractivity contribution in [1.82, 2.24) is 40.4 Å². The molecule has 4 atom stereocenters. The second-order valence-electron chi connectivity index (χ2n) is 15.8. The van der Waals surface area contributed by atoms with E-state index in [4.69, 9.17) is 19.4 Å². The fourth-order valence-electron chi connectivity index (χ4n) is 9.56. The molecular formula is C42H52N8O6. The van der Waals surface area contributed by atoms with Gasteiger partial charge in [-0.2, -0.15) is 0 Å². The molecule has 8 rings (SSSR count). The molecule has 0 unspecified atom stereocenters. The Kier molecular flexibility index (Phi) is 11.0. The average Bonchev–Trinajstić information content (AvgIpc) is 4.08. The van der Waals surface area contributed by atoms with E-state index < -0.39 is 24.3 Å². The van der Waals surface area contributed by atoms with Gasteiger partial charge in [-0.3, -0.25) is 9.59 Å². The molecule has 4 amide bonds. The number of fused-ring (bicyclic) bond motifs is 1. The maximum Gasteiger partial charge on any atom is 0.407 e. The zero-order valence-electron chi connectivity index (χ0n) is 32.2. The van der Waals surface area contributed by atoms with Crippen LogP contribution in [0.5, 0.6) is 0 Å². The molecule has 2 aromatic carbocycles. The van der Waals surface area contributed by atoms with Crippen LogP contribution < -0.4 is 10.6 Å². The van der Waals surface area contributed by atoms with Gasteiger partial charge in [-0.05, 0) is 92.0 Å². The highest BCUT2D eigenvalue weighted by Gasteiger charge is 2.42. The van der Waals surface area contributed by atoms with E-state index >= 15 is 0 Å². The molecule has 2 aliphatic carbocycles. The largest absolute Gasteiger partial charge is 0.453 e. The predicted molar refractivity (Wildman–Crippen MR) is 209 cm³/mol. The zero-order valence-corrected chi connectivity index (χ0v) is 32.2. The lowest BCUT2D eigenvalue weighted by molar-refractivity contribution is -0.136. The van der Waals surface area contributed by atoms with E-state index in [1.165, 1.54) is 14.2 Å². The number of hydrogen-bond donors (Lipinski definition) is 4. The van der Waals surface area contributed by atoms with Crippen molar-refractivity contribution in [2.24, 2.45) is 11.8 Å². The number of rotatable bonds is 10. The smallest absolute Gasteiger partial charge is 0.407 e. The van der Waals surface area contributed by atoms with Gasteiger partial charge in [0.05, 0.1) is 49.2 Å². The van der Waals surface area contributed by atoms with Gasteiger partial charge in [0.1, 0.15) is 23.7 Å². The number of likely N-dealkylation sites (tertiary alicyclic amines) is 2. The highest BCUT2D eigenvalue weighted by atomic mass is 16.5. The monoisotopic (exact) mass is 764 g/mol. The third kappa shape index (κ3) is 7.57. The Balaban J connectivity index is 0.957. The van der Waals surface area contributed by atoms with Crippen LogP contribution in [-0.4, -0.2) is 93.1 Å². The third-order valence-electron chi connectivity index (χ3n) is 12.5. The number of benzene rings is 2. The molecule has 2 saturated heterocycles. The first kappa shape index (κ1) is 37.5. The standard InChI is InChI=1S/C42H52N8O6/c1-55-41(53)47-35(27-9-3-4-10-27)39(51)49-21-7-13-33(49)37-43-24-32(46-37)26-17-15-25(16-18-26)29-19-20-30-31(23-29)45-38(44-30)34-14-8-22-50(34)40(52)36(48-42(54)56-2)28-11-5-6-12-28/h15-20,23-24,27-28,33-36H,3-14,21-22H2,1-2H3,(H,43,46)(H,44,45)(H,47,53)(H,48,54)/t33-,34-,35-,36-/m0/s1. The number of carbonyl (C=O) groups excluding carboxylic acids is 4. The Morgan fingerprint density at radius 1 is 0.661 bits per heavy atom. The molecule has 2 aromatic heterocycles. The van der Waals surface area contributed by atoms with Crippen molar-refractivity contribution in [3.63, 3.8) is 0 Å². The number of hydrogen-bond acceptors (Lipinski definition) is 8. The second kappa shape index (κ2) is 16.4.